The van der Waals surface area contributed by atoms with Crippen LogP contribution in [-0.2, 0) is 9.59 Å². The highest BCUT2D eigenvalue weighted by molar-refractivity contribution is 9.10. The van der Waals surface area contributed by atoms with E-state index in [-0.39, 0.29) is 24.3 Å². The van der Waals surface area contributed by atoms with E-state index in [1.165, 1.54) is 0 Å². The van der Waals surface area contributed by atoms with E-state index in [1.54, 1.807) is 18.2 Å². The van der Waals surface area contributed by atoms with Gasteiger partial charge >= 0.3 is 0 Å². The molecule has 1 aliphatic carbocycles. The van der Waals surface area contributed by atoms with Crippen molar-refractivity contribution in [2.45, 2.75) is 19.8 Å². The Kier molecular flexibility index (Phi) is 5.38. The van der Waals surface area contributed by atoms with Crippen LogP contribution >= 0.6 is 15.9 Å². The quantitative estimate of drug-likeness (QED) is 0.763. The fourth-order valence-corrected chi connectivity index (χ4v) is 2.55. The second kappa shape index (κ2) is 7.70. The first-order valence-corrected chi connectivity index (χ1v) is 8.90. The van der Waals surface area contributed by atoms with Gasteiger partial charge in [-0.3, -0.25) is 9.59 Å². The van der Waals surface area contributed by atoms with Crippen molar-refractivity contribution in [1.82, 2.24) is 0 Å². The third kappa shape index (κ3) is 5.06. The molecule has 130 valence electrons. The third-order valence-electron chi connectivity index (χ3n) is 3.91. The van der Waals surface area contributed by atoms with Crippen molar-refractivity contribution in [3.05, 3.63) is 52.5 Å². The minimum atomic E-state index is -0.253. The molecule has 5 nitrogen and oxygen atoms in total. The maximum absolute atomic E-state index is 12.1. The molecule has 2 aromatic carbocycles. The molecule has 0 saturated heterocycles. The first-order chi connectivity index (χ1) is 12.0. The highest BCUT2D eigenvalue weighted by Gasteiger charge is 2.29. The number of nitrogens with one attached hydrogen (secondary N) is 2. The van der Waals surface area contributed by atoms with Gasteiger partial charge in [0.1, 0.15) is 5.75 Å². The molecule has 0 bridgehead atoms. The van der Waals surface area contributed by atoms with E-state index < -0.39 is 0 Å². The Balaban J connectivity index is 1.57. The van der Waals surface area contributed by atoms with Crippen molar-refractivity contribution in [3.63, 3.8) is 0 Å². The van der Waals surface area contributed by atoms with Crippen molar-refractivity contribution in [2.24, 2.45) is 5.92 Å². The van der Waals surface area contributed by atoms with E-state index in [1.807, 2.05) is 31.2 Å². The zero-order valence-corrected chi connectivity index (χ0v) is 15.4. The molecule has 1 aliphatic rings. The number of carbonyl (C=O) groups excluding carboxylic acids is 2. The average Bonchev–Trinajstić information content (AvgIpc) is 3.42. The van der Waals surface area contributed by atoms with Crippen LogP contribution in [0.4, 0.5) is 11.4 Å². The molecule has 0 spiro atoms. The molecule has 6 heteroatoms. The molecule has 3 rings (SSSR count). The summed E-state index contributed by atoms with van der Waals surface area (Å²) in [5, 5.41) is 5.71. The Hall–Kier alpha value is -2.34. The molecular weight excluding hydrogens is 384 g/mol. The van der Waals surface area contributed by atoms with E-state index >= 15 is 0 Å². The van der Waals surface area contributed by atoms with Crippen LogP contribution in [0.25, 0.3) is 0 Å². The van der Waals surface area contributed by atoms with Crippen LogP contribution < -0.4 is 15.4 Å². The van der Waals surface area contributed by atoms with Gasteiger partial charge in [-0.15, -0.1) is 0 Å². The van der Waals surface area contributed by atoms with Gasteiger partial charge in [-0.1, -0.05) is 22.0 Å². The number of carbonyl (C=O) groups is 2. The molecule has 2 amide bonds. The van der Waals surface area contributed by atoms with Gasteiger partial charge in [-0.25, -0.2) is 0 Å². The minimum Gasteiger partial charge on any atom is -0.484 e. The number of hydrogen-bond acceptors (Lipinski definition) is 3. The number of halogens is 1. The fourth-order valence-electron chi connectivity index (χ4n) is 2.29. The molecule has 0 heterocycles. The van der Waals surface area contributed by atoms with E-state index in [0.29, 0.717) is 17.1 Å². The predicted octanol–water partition coefficient (Wildman–Crippen LogP) is 4.12. The van der Waals surface area contributed by atoms with Crippen LogP contribution in [0.15, 0.2) is 46.9 Å². The summed E-state index contributed by atoms with van der Waals surface area (Å²) in [7, 11) is 0. The van der Waals surface area contributed by atoms with Gasteiger partial charge in [0.15, 0.2) is 6.61 Å². The standard InChI is InChI=1S/C19H19BrN2O3/c1-12-2-7-15(21-19(24)13-3-4-13)10-17(12)22-18(23)11-25-16-8-5-14(20)6-9-16/h2,5-10,13H,3-4,11H2,1H3,(H,21,24)(H,22,23). The number of anilines is 2. The third-order valence-corrected chi connectivity index (χ3v) is 4.44. The molecule has 0 radical (unpaired) electrons. The summed E-state index contributed by atoms with van der Waals surface area (Å²) in [5.74, 6) is 0.551. The molecule has 2 aromatic rings. The summed E-state index contributed by atoms with van der Waals surface area (Å²) in [6.07, 6.45) is 1.91. The van der Waals surface area contributed by atoms with Gasteiger partial charge in [0.2, 0.25) is 5.91 Å². The van der Waals surface area contributed by atoms with Crippen LogP contribution in [0.1, 0.15) is 18.4 Å². The van der Waals surface area contributed by atoms with Crippen molar-refractivity contribution in [1.29, 1.82) is 0 Å². The molecular formula is C19H19BrN2O3. The minimum absolute atomic E-state index is 0.0414. The van der Waals surface area contributed by atoms with Crippen molar-refractivity contribution < 1.29 is 14.3 Å². The lowest BCUT2D eigenvalue weighted by Gasteiger charge is -2.12. The zero-order valence-electron chi connectivity index (χ0n) is 13.8. The topological polar surface area (TPSA) is 67.4 Å². The van der Waals surface area contributed by atoms with Crippen molar-refractivity contribution in [3.8, 4) is 5.75 Å². The summed E-state index contributed by atoms with van der Waals surface area (Å²) < 4.78 is 6.42. The Morgan fingerprint density at radius 2 is 1.84 bits per heavy atom. The van der Waals surface area contributed by atoms with E-state index in [0.717, 1.165) is 22.9 Å². The zero-order chi connectivity index (χ0) is 17.8. The molecule has 0 atom stereocenters. The van der Waals surface area contributed by atoms with E-state index in [9.17, 15) is 9.59 Å². The largest absolute Gasteiger partial charge is 0.484 e. The lowest BCUT2D eigenvalue weighted by atomic mass is 10.1. The maximum Gasteiger partial charge on any atom is 0.262 e. The van der Waals surface area contributed by atoms with Crippen LogP contribution in [0.3, 0.4) is 0 Å². The van der Waals surface area contributed by atoms with Gasteiger partial charge in [-0.05, 0) is 61.7 Å². The molecule has 0 aliphatic heterocycles. The predicted molar refractivity (Wildman–Crippen MR) is 101 cm³/mol. The summed E-state index contributed by atoms with van der Waals surface area (Å²) in [4.78, 5) is 24.0. The highest BCUT2D eigenvalue weighted by Crippen LogP contribution is 2.30. The summed E-state index contributed by atoms with van der Waals surface area (Å²) >= 11 is 3.35. The number of aryl methyl sites for hydroxylation is 1. The SMILES string of the molecule is Cc1ccc(NC(=O)C2CC2)cc1NC(=O)COc1ccc(Br)cc1. The fraction of sp³-hybridized carbons (Fsp3) is 0.263. The second-order valence-electron chi connectivity index (χ2n) is 6.08. The van der Waals surface area contributed by atoms with E-state index in [2.05, 4.69) is 26.6 Å². The van der Waals surface area contributed by atoms with Gasteiger partial charge in [-0.2, -0.15) is 0 Å². The number of ether oxygens (including phenoxy) is 1. The summed E-state index contributed by atoms with van der Waals surface area (Å²) in [5.41, 5.74) is 2.27. The number of amides is 2. The molecule has 2 N–H and O–H groups in total. The highest BCUT2D eigenvalue weighted by atomic mass is 79.9. The van der Waals surface area contributed by atoms with Gasteiger partial charge in [0, 0.05) is 21.8 Å². The molecule has 1 saturated carbocycles. The van der Waals surface area contributed by atoms with Crippen LogP contribution in [-0.4, -0.2) is 18.4 Å². The van der Waals surface area contributed by atoms with Gasteiger partial charge in [0.05, 0.1) is 0 Å². The Labute approximate surface area is 154 Å². The molecule has 1 fully saturated rings. The molecule has 0 aromatic heterocycles. The van der Waals surface area contributed by atoms with Crippen molar-refractivity contribution in [2.75, 3.05) is 17.2 Å². The maximum atomic E-state index is 12.1. The summed E-state index contributed by atoms with van der Waals surface area (Å²) in [6.45, 7) is 1.82. The first-order valence-electron chi connectivity index (χ1n) is 8.11. The van der Waals surface area contributed by atoms with Crippen LogP contribution in [0.5, 0.6) is 5.75 Å². The number of rotatable bonds is 6. The van der Waals surface area contributed by atoms with Crippen molar-refractivity contribution >= 4 is 39.1 Å². The lowest BCUT2D eigenvalue weighted by molar-refractivity contribution is -0.118. The Morgan fingerprint density at radius 3 is 2.52 bits per heavy atom. The van der Waals surface area contributed by atoms with E-state index in [4.69, 9.17) is 4.74 Å². The average molecular weight is 403 g/mol. The summed E-state index contributed by atoms with van der Waals surface area (Å²) in [6, 6.07) is 12.8. The Morgan fingerprint density at radius 1 is 1.12 bits per heavy atom. The van der Waals surface area contributed by atoms with Gasteiger partial charge < -0.3 is 15.4 Å². The first kappa shape index (κ1) is 17.5. The lowest BCUT2D eigenvalue weighted by Crippen LogP contribution is -2.21. The molecule has 25 heavy (non-hydrogen) atoms. The second-order valence-corrected chi connectivity index (χ2v) is 7.00. The normalized spacial score (nSPS) is 13.2. The number of benzene rings is 2. The van der Waals surface area contributed by atoms with Crippen LogP contribution in [0.2, 0.25) is 0 Å². The van der Waals surface area contributed by atoms with Crippen LogP contribution in [0, 0.1) is 12.8 Å². The Bertz CT molecular complexity index is 786. The molecule has 0 unspecified atom stereocenters. The number of hydrogen-bond donors (Lipinski definition) is 2. The van der Waals surface area contributed by atoms with Gasteiger partial charge in [0.25, 0.3) is 5.91 Å². The smallest absolute Gasteiger partial charge is 0.262 e. The monoisotopic (exact) mass is 402 g/mol.